The van der Waals surface area contributed by atoms with Crippen molar-refractivity contribution >= 4 is 50.4 Å². The number of anilines is 3. The van der Waals surface area contributed by atoms with Gasteiger partial charge in [0.15, 0.2) is 6.17 Å². The molecule has 0 aliphatic carbocycles. The van der Waals surface area contributed by atoms with E-state index in [9.17, 15) is 0 Å². The highest BCUT2D eigenvalue weighted by molar-refractivity contribution is 6.07. The lowest BCUT2D eigenvalue weighted by Crippen LogP contribution is -2.51. The van der Waals surface area contributed by atoms with Crippen LogP contribution in [0.4, 0.5) is 17.3 Å². The summed E-state index contributed by atoms with van der Waals surface area (Å²) in [6.07, 6.45) is -0.0291. The van der Waals surface area contributed by atoms with E-state index in [1.165, 1.54) is 50.3 Å². The molecule has 4 heterocycles. The highest BCUT2D eigenvalue weighted by Gasteiger charge is 2.49. The average Bonchev–Trinajstić information content (AvgIpc) is 3.69. The second-order valence-corrected chi connectivity index (χ2v) is 15.2. The Labute approximate surface area is 295 Å². The van der Waals surface area contributed by atoms with Crippen LogP contribution in [0.25, 0.3) is 38.8 Å². The Balaban J connectivity index is 1.41. The second kappa shape index (κ2) is 11.5. The van der Waals surface area contributed by atoms with Crippen molar-refractivity contribution in [2.75, 3.05) is 9.80 Å². The third-order valence-corrected chi connectivity index (χ3v) is 11.0. The number of rotatable bonds is 6. The van der Waals surface area contributed by atoms with Gasteiger partial charge in [0.1, 0.15) is 28.0 Å². The van der Waals surface area contributed by atoms with E-state index in [1.54, 1.807) is 0 Å². The molecule has 0 radical (unpaired) electrons. The number of furan rings is 1. The van der Waals surface area contributed by atoms with E-state index < -0.39 is 5.54 Å². The van der Waals surface area contributed by atoms with Crippen LogP contribution in [-0.2, 0) is 12.6 Å². The summed E-state index contributed by atoms with van der Waals surface area (Å²) in [5.74, 6) is 1.85. The van der Waals surface area contributed by atoms with Gasteiger partial charge in [0.25, 0.3) is 0 Å². The van der Waals surface area contributed by atoms with Gasteiger partial charge in [-0.3, -0.25) is 0 Å². The van der Waals surface area contributed by atoms with Crippen molar-refractivity contribution in [1.82, 2.24) is 9.55 Å². The second-order valence-electron chi connectivity index (χ2n) is 15.2. The fourth-order valence-electron chi connectivity index (χ4n) is 8.85. The third kappa shape index (κ3) is 4.53. The van der Waals surface area contributed by atoms with E-state index in [4.69, 9.17) is 9.40 Å². The molecule has 8 rings (SSSR count). The molecule has 0 unspecified atom stereocenters. The normalized spacial score (nSPS) is 15.1. The van der Waals surface area contributed by atoms with Gasteiger partial charge >= 0.3 is 5.95 Å². The summed E-state index contributed by atoms with van der Waals surface area (Å²) in [4.78, 5) is 9.96. The van der Waals surface area contributed by atoms with Crippen molar-refractivity contribution in [2.45, 2.75) is 85.9 Å². The lowest BCUT2D eigenvalue weighted by molar-refractivity contribution is -0.632. The molecule has 3 aromatic heterocycles. The summed E-state index contributed by atoms with van der Waals surface area (Å²) >= 11 is 0. The van der Waals surface area contributed by atoms with Gasteiger partial charge in [-0.25, -0.2) is 14.5 Å². The zero-order chi connectivity index (χ0) is 35.2. The third-order valence-electron chi connectivity index (χ3n) is 11.0. The topological polar surface area (TPSA) is 41.3 Å². The zero-order valence-corrected chi connectivity index (χ0v) is 31.0. The van der Waals surface area contributed by atoms with Crippen LogP contribution in [0, 0.1) is 13.8 Å². The SMILES string of the molecule is Cc1ccc2c(n1)oc1ccc(C)c(C(C)(C)N3c4ccccc4N(c4n(-c5c(C(C)C)cccc5C(C)C)c5ccccc5[n+]4C)[C@H]3C)c12. The molecule has 1 aliphatic rings. The number of hydrogen-bond acceptors (Lipinski definition) is 4. The van der Waals surface area contributed by atoms with Gasteiger partial charge in [-0.15, -0.1) is 0 Å². The smallest absolute Gasteiger partial charge is 0.372 e. The van der Waals surface area contributed by atoms with Crippen molar-refractivity contribution in [2.24, 2.45) is 7.05 Å². The minimum absolute atomic E-state index is 0.0291. The van der Waals surface area contributed by atoms with Crippen LogP contribution < -0.4 is 14.4 Å². The molecule has 6 heteroatoms. The van der Waals surface area contributed by atoms with Crippen LogP contribution in [0.5, 0.6) is 0 Å². The molecule has 0 amide bonds. The van der Waals surface area contributed by atoms with Crippen molar-refractivity contribution in [3.63, 3.8) is 0 Å². The Morgan fingerprint density at radius 2 is 1.44 bits per heavy atom. The fraction of sp³-hybridized carbons (Fsp3) is 0.318. The van der Waals surface area contributed by atoms with Crippen molar-refractivity contribution < 1.29 is 8.98 Å². The van der Waals surface area contributed by atoms with E-state index in [2.05, 4.69) is 172 Å². The Kier molecular flexibility index (Phi) is 7.37. The number of hydrogen-bond donors (Lipinski definition) is 0. The first kappa shape index (κ1) is 32.1. The van der Waals surface area contributed by atoms with Crippen LogP contribution >= 0.6 is 0 Å². The highest BCUT2D eigenvalue weighted by Crippen LogP contribution is 2.52. The Morgan fingerprint density at radius 3 is 2.14 bits per heavy atom. The molecule has 254 valence electrons. The number of aromatic nitrogens is 3. The lowest BCUT2D eigenvalue weighted by Gasteiger charge is -2.41. The Hall–Kier alpha value is -5.10. The summed E-state index contributed by atoms with van der Waals surface area (Å²) in [6.45, 7) is 20.6. The van der Waals surface area contributed by atoms with Crippen molar-refractivity contribution in [3.05, 3.63) is 119 Å². The summed E-state index contributed by atoms with van der Waals surface area (Å²) in [7, 11) is 2.22. The number of nitrogens with zero attached hydrogens (tertiary/aromatic N) is 5. The van der Waals surface area contributed by atoms with E-state index in [-0.39, 0.29) is 6.17 Å². The van der Waals surface area contributed by atoms with Crippen molar-refractivity contribution in [1.29, 1.82) is 0 Å². The van der Waals surface area contributed by atoms with Crippen LogP contribution in [0.15, 0.2) is 95.4 Å². The number of benzene rings is 4. The molecule has 7 aromatic rings. The Bertz CT molecular complexity index is 2420. The van der Waals surface area contributed by atoms with E-state index in [0.717, 1.165) is 28.0 Å². The molecule has 4 aromatic carbocycles. The number of aryl methyl sites for hydroxylation is 3. The highest BCUT2D eigenvalue weighted by atomic mass is 16.3. The summed E-state index contributed by atoms with van der Waals surface area (Å²) in [5.41, 5.74) is 13.4. The average molecular weight is 663 g/mol. The number of imidazole rings is 1. The first-order valence-corrected chi connectivity index (χ1v) is 18.0. The van der Waals surface area contributed by atoms with Gasteiger partial charge < -0.3 is 9.32 Å². The van der Waals surface area contributed by atoms with Gasteiger partial charge in [0.2, 0.25) is 5.71 Å². The van der Waals surface area contributed by atoms with Crippen LogP contribution in [-0.4, -0.2) is 15.7 Å². The number of pyridine rings is 1. The number of para-hydroxylation sites is 5. The minimum atomic E-state index is -0.427. The molecule has 6 nitrogen and oxygen atoms in total. The van der Waals surface area contributed by atoms with Crippen LogP contribution in [0.2, 0.25) is 0 Å². The van der Waals surface area contributed by atoms with Crippen molar-refractivity contribution in [3.8, 4) is 5.69 Å². The maximum Gasteiger partial charge on any atom is 0.372 e. The van der Waals surface area contributed by atoms with E-state index >= 15 is 0 Å². The molecule has 0 spiro atoms. The van der Waals surface area contributed by atoms with Gasteiger partial charge in [-0.05, 0) is 111 Å². The monoisotopic (exact) mass is 662 g/mol. The molecule has 0 saturated carbocycles. The Morgan fingerprint density at radius 1 is 0.780 bits per heavy atom. The minimum Gasteiger partial charge on any atom is -0.438 e. The van der Waals surface area contributed by atoms with Gasteiger partial charge in [0, 0.05) is 16.5 Å². The van der Waals surface area contributed by atoms with Gasteiger partial charge in [-0.1, -0.05) is 76.2 Å². The summed E-state index contributed by atoms with van der Waals surface area (Å²) < 4.78 is 11.3. The molecule has 0 bridgehead atoms. The molecular formula is C44H48N5O+. The molecule has 1 aliphatic heterocycles. The molecule has 1 atom stereocenters. The molecule has 0 saturated heterocycles. The fourth-order valence-corrected chi connectivity index (χ4v) is 8.85. The van der Waals surface area contributed by atoms with Gasteiger partial charge in [-0.2, -0.15) is 4.57 Å². The van der Waals surface area contributed by atoms with E-state index in [0.29, 0.717) is 17.5 Å². The predicted octanol–water partition coefficient (Wildman–Crippen LogP) is 10.9. The summed E-state index contributed by atoms with van der Waals surface area (Å²) in [6, 6.07) is 33.2. The molecule has 50 heavy (non-hydrogen) atoms. The standard InChI is InChI=1S/C44H48N5O/c1-26(2)31-16-15-17-32(27(3)4)41(31)48-35-19-12-11-18-34(35)46(10)43(48)47-30(7)49(37-21-14-13-20-36(37)47)44(8,9)40-28(5)22-25-38-39(40)33-24-23-29(6)45-42(33)50-38/h11-27,30H,1-10H3/q+1/t30-/m1/s1. The summed E-state index contributed by atoms with van der Waals surface area (Å²) in [5, 5.41) is 2.21. The van der Waals surface area contributed by atoms with Gasteiger partial charge in [0.05, 0.1) is 18.3 Å². The molecule has 0 fully saturated rings. The zero-order valence-electron chi connectivity index (χ0n) is 31.0. The maximum absolute atomic E-state index is 6.40. The largest absolute Gasteiger partial charge is 0.438 e. The molecular weight excluding hydrogens is 615 g/mol. The number of fused-ring (bicyclic) bond motifs is 5. The van der Waals surface area contributed by atoms with Crippen LogP contribution in [0.3, 0.4) is 0 Å². The van der Waals surface area contributed by atoms with Crippen LogP contribution in [0.1, 0.15) is 88.2 Å². The predicted molar refractivity (Wildman–Crippen MR) is 207 cm³/mol. The lowest BCUT2D eigenvalue weighted by atomic mass is 9.84. The quantitative estimate of drug-likeness (QED) is 0.166. The first-order valence-electron chi connectivity index (χ1n) is 18.0. The van der Waals surface area contributed by atoms with E-state index in [1.807, 2.05) is 6.92 Å². The molecule has 0 N–H and O–H groups in total. The maximum atomic E-state index is 6.40. The first-order chi connectivity index (χ1) is 23.9.